The zero-order valence-electron chi connectivity index (χ0n) is 18.4. The van der Waals surface area contributed by atoms with Gasteiger partial charge in [0.25, 0.3) is 0 Å². The lowest BCUT2D eigenvalue weighted by atomic mass is 9.72. The van der Waals surface area contributed by atoms with Crippen LogP contribution in [-0.2, 0) is 0 Å². The van der Waals surface area contributed by atoms with Gasteiger partial charge in [-0.15, -0.1) is 0 Å². The minimum atomic E-state index is 0.500. The van der Waals surface area contributed by atoms with Gasteiger partial charge >= 0.3 is 0 Å². The van der Waals surface area contributed by atoms with E-state index < -0.39 is 0 Å². The Morgan fingerprint density at radius 2 is 0.609 bits per heavy atom. The van der Waals surface area contributed by atoms with Gasteiger partial charge in [-0.25, -0.2) is 0 Å². The molecule has 0 radical (unpaired) electrons. The van der Waals surface area contributed by atoms with Crippen molar-refractivity contribution in [3.05, 3.63) is 0 Å². The highest BCUT2D eigenvalue weighted by Gasteiger charge is 2.30. The molecule has 0 aromatic carbocycles. The SMILES string of the molecule is CC(C)(C)C.CC1(C)CC1.CC1(C)CCC1.CC1(C)CCCC1. The lowest BCUT2D eigenvalue weighted by Gasteiger charge is -2.33. The minimum absolute atomic E-state index is 0.500. The molecule has 0 aliphatic heterocycles. The van der Waals surface area contributed by atoms with Crippen LogP contribution in [-0.4, -0.2) is 0 Å². The standard InChI is InChI=1S/C7H14.C6H12.C5H10.C5H12/c1-7(2)5-3-4-6-7;1-6(2)4-3-5-6;1-5(2)3-4-5;1-5(2,3)4/h3-6H2,1-2H3;3-5H2,1-2H3;3-4H2,1-2H3;1-4H3. The average molecular weight is 325 g/mol. The molecule has 0 nitrogen and oxygen atoms in total. The van der Waals surface area contributed by atoms with Crippen molar-refractivity contribution < 1.29 is 0 Å². The summed E-state index contributed by atoms with van der Waals surface area (Å²) in [5.74, 6) is 0. The zero-order chi connectivity index (χ0) is 18.4. The molecule has 140 valence electrons. The van der Waals surface area contributed by atoms with Gasteiger partial charge in [-0.3, -0.25) is 0 Å². The van der Waals surface area contributed by atoms with E-state index in [9.17, 15) is 0 Å². The third-order valence-electron chi connectivity index (χ3n) is 4.91. The van der Waals surface area contributed by atoms with Crippen molar-refractivity contribution in [2.75, 3.05) is 0 Å². The third-order valence-corrected chi connectivity index (χ3v) is 4.91. The summed E-state index contributed by atoms with van der Waals surface area (Å²) < 4.78 is 0. The maximum Gasteiger partial charge on any atom is -0.0354 e. The lowest BCUT2D eigenvalue weighted by molar-refractivity contribution is 0.190. The van der Waals surface area contributed by atoms with Crippen molar-refractivity contribution in [1.29, 1.82) is 0 Å². The summed E-state index contributed by atoms with van der Waals surface area (Å²) in [7, 11) is 0. The number of rotatable bonds is 0. The van der Waals surface area contributed by atoms with E-state index >= 15 is 0 Å². The molecular weight excluding hydrogens is 276 g/mol. The molecule has 23 heavy (non-hydrogen) atoms. The van der Waals surface area contributed by atoms with Crippen molar-refractivity contribution in [2.45, 2.75) is 127 Å². The predicted octanol–water partition coefficient (Wildman–Crippen LogP) is 8.64. The monoisotopic (exact) mass is 324 g/mol. The van der Waals surface area contributed by atoms with E-state index in [-0.39, 0.29) is 0 Å². The molecule has 3 saturated carbocycles. The van der Waals surface area contributed by atoms with E-state index in [0.29, 0.717) is 10.8 Å². The maximum absolute atomic E-state index is 2.36. The summed E-state index contributed by atoms with van der Waals surface area (Å²) in [6.07, 6.45) is 13.1. The van der Waals surface area contributed by atoms with Crippen LogP contribution in [0.2, 0.25) is 0 Å². The fourth-order valence-corrected chi connectivity index (χ4v) is 2.47. The smallest absolute Gasteiger partial charge is 0.0354 e. The summed E-state index contributed by atoms with van der Waals surface area (Å²) in [5, 5.41) is 0. The highest BCUT2D eigenvalue weighted by molar-refractivity contribution is 4.82. The van der Waals surface area contributed by atoms with Crippen molar-refractivity contribution in [1.82, 2.24) is 0 Å². The molecular formula is C23H48. The Bertz CT molecular complexity index is 281. The lowest BCUT2D eigenvalue weighted by Crippen LogP contribution is -2.20. The van der Waals surface area contributed by atoms with Gasteiger partial charge in [0.2, 0.25) is 0 Å². The van der Waals surface area contributed by atoms with Crippen LogP contribution in [0, 0.1) is 21.7 Å². The van der Waals surface area contributed by atoms with Crippen LogP contribution < -0.4 is 0 Å². The second-order valence-electron chi connectivity index (χ2n) is 12.1. The van der Waals surface area contributed by atoms with Crippen LogP contribution in [0.5, 0.6) is 0 Å². The fourth-order valence-electron chi connectivity index (χ4n) is 2.47. The van der Waals surface area contributed by atoms with E-state index in [1.807, 2.05) is 0 Å². The first-order valence-corrected chi connectivity index (χ1v) is 10.1. The Labute approximate surface area is 149 Å². The minimum Gasteiger partial charge on any atom is -0.0604 e. The Hall–Kier alpha value is 0. The molecule has 0 N–H and O–H groups in total. The Balaban J connectivity index is 0.000000284. The molecule has 0 atom stereocenters. The number of hydrogen-bond acceptors (Lipinski definition) is 0. The van der Waals surface area contributed by atoms with Crippen LogP contribution in [0.3, 0.4) is 0 Å². The summed E-state index contributed by atoms with van der Waals surface area (Å²) >= 11 is 0. The third kappa shape index (κ3) is 18.2. The van der Waals surface area contributed by atoms with E-state index in [2.05, 4.69) is 69.2 Å². The largest absolute Gasteiger partial charge is 0.0604 e. The summed E-state index contributed by atoms with van der Waals surface area (Å²) in [6, 6.07) is 0. The molecule has 0 heterocycles. The molecule has 0 aromatic heterocycles. The summed E-state index contributed by atoms with van der Waals surface area (Å²) in [5.41, 5.74) is 2.67. The molecule has 0 heteroatoms. The Morgan fingerprint density at radius 1 is 0.435 bits per heavy atom. The first kappa shape index (κ1) is 23.0. The number of hydrogen-bond donors (Lipinski definition) is 0. The summed E-state index contributed by atoms with van der Waals surface area (Å²) in [6.45, 7) is 22.7. The predicted molar refractivity (Wildman–Crippen MR) is 108 cm³/mol. The van der Waals surface area contributed by atoms with Crippen LogP contribution in [0.1, 0.15) is 127 Å². The van der Waals surface area contributed by atoms with Crippen molar-refractivity contribution in [2.24, 2.45) is 21.7 Å². The van der Waals surface area contributed by atoms with Crippen LogP contribution in [0.4, 0.5) is 0 Å². The molecule has 0 saturated heterocycles. The molecule has 0 spiro atoms. The molecule has 0 bridgehead atoms. The van der Waals surface area contributed by atoms with Gasteiger partial charge in [0.1, 0.15) is 0 Å². The van der Waals surface area contributed by atoms with Crippen LogP contribution in [0.25, 0.3) is 0 Å². The van der Waals surface area contributed by atoms with Gasteiger partial charge < -0.3 is 0 Å². The van der Waals surface area contributed by atoms with E-state index in [4.69, 9.17) is 0 Å². The molecule has 0 aromatic rings. The fraction of sp³-hybridized carbons (Fsp3) is 1.00. The van der Waals surface area contributed by atoms with E-state index in [1.165, 1.54) is 57.8 Å². The van der Waals surface area contributed by atoms with Gasteiger partial charge in [0, 0.05) is 0 Å². The highest BCUT2D eigenvalue weighted by atomic mass is 14.4. The van der Waals surface area contributed by atoms with Crippen molar-refractivity contribution in [3.8, 4) is 0 Å². The van der Waals surface area contributed by atoms with Gasteiger partial charge in [-0.2, -0.15) is 0 Å². The average Bonchev–Trinajstić information content (AvgIpc) is 2.81. The Kier molecular flexibility index (Phi) is 8.91. The molecule has 3 aliphatic rings. The van der Waals surface area contributed by atoms with E-state index in [0.717, 1.165) is 10.8 Å². The van der Waals surface area contributed by atoms with Gasteiger partial charge in [0.15, 0.2) is 0 Å². The second kappa shape index (κ2) is 8.91. The Morgan fingerprint density at radius 3 is 0.652 bits per heavy atom. The molecule has 3 fully saturated rings. The van der Waals surface area contributed by atoms with Crippen LogP contribution in [0.15, 0.2) is 0 Å². The highest BCUT2D eigenvalue weighted by Crippen LogP contribution is 2.43. The van der Waals surface area contributed by atoms with Crippen molar-refractivity contribution in [3.63, 3.8) is 0 Å². The molecule has 3 aliphatic carbocycles. The topological polar surface area (TPSA) is 0 Å². The first-order valence-electron chi connectivity index (χ1n) is 10.1. The zero-order valence-corrected chi connectivity index (χ0v) is 18.4. The second-order valence-corrected chi connectivity index (χ2v) is 12.1. The van der Waals surface area contributed by atoms with Gasteiger partial charge in [0.05, 0.1) is 0 Å². The van der Waals surface area contributed by atoms with Gasteiger partial charge in [-0.1, -0.05) is 88.5 Å². The van der Waals surface area contributed by atoms with Crippen molar-refractivity contribution >= 4 is 0 Å². The maximum atomic E-state index is 2.36. The molecule has 0 amide bonds. The quantitative estimate of drug-likeness (QED) is 0.418. The van der Waals surface area contributed by atoms with Crippen LogP contribution >= 0.6 is 0 Å². The van der Waals surface area contributed by atoms with Gasteiger partial charge in [-0.05, 0) is 60.2 Å². The first-order chi connectivity index (χ1) is 10.1. The normalized spacial score (nSPS) is 25.3. The van der Waals surface area contributed by atoms with E-state index in [1.54, 1.807) is 0 Å². The summed E-state index contributed by atoms with van der Waals surface area (Å²) in [4.78, 5) is 0. The molecule has 3 rings (SSSR count). The molecule has 0 unspecified atom stereocenters.